The zero-order valence-electron chi connectivity index (χ0n) is 10.2. The van der Waals surface area contributed by atoms with Crippen molar-refractivity contribution in [1.82, 2.24) is 16.0 Å². The molecule has 2 unspecified atom stereocenters. The molecule has 0 spiro atoms. The SMILES string of the molecule is Cl.O=C1NCCCCC1NC(=O)C1CNCCO1. The molecule has 0 bridgehead atoms. The lowest BCUT2D eigenvalue weighted by atomic mass is 10.1. The quantitative estimate of drug-likeness (QED) is 0.616. The topological polar surface area (TPSA) is 79.5 Å². The molecule has 0 saturated carbocycles. The first-order valence-electron chi connectivity index (χ1n) is 6.18. The Morgan fingerprint density at radius 2 is 2.17 bits per heavy atom. The molecule has 2 aliphatic rings. The third-order valence-corrected chi connectivity index (χ3v) is 3.07. The third kappa shape index (κ3) is 4.12. The van der Waals surface area contributed by atoms with Gasteiger partial charge in [0.25, 0.3) is 5.91 Å². The molecular weight excluding hydrogens is 258 g/mol. The minimum Gasteiger partial charge on any atom is -0.366 e. The van der Waals surface area contributed by atoms with E-state index in [1.165, 1.54) is 0 Å². The monoisotopic (exact) mass is 277 g/mol. The number of nitrogens with one attached hydrogen (secondary N) is 3. The van der Waals surface area contributed by atoms with E-state index in [1.807, 2.05) is 0 Å². The van der Waals surface area contributed by atoms with Gasteiger partial charge in [0.05, 0.1) is 6.61 Å². The maximum atomic E-state index is 11.9. The number of halogens is 1. The first-order valence-corrected chi connectivity index (χ1v) is 6.18. The van der Waals surface area contributed by atoms with Gasteiger partial charge in [0.15, 0.2) is 0 Å². The van der Waals surface area contributed by atoms with Crippen LogP contribution < -0.4 is 16.0 Å². The van der Waals surface area contributed by atoms with Crippen molar-refractivity contribution in [3.63, 3.8) is 0 Å². The van der Waals surface area contributed by atoms with Crippen LogP contribution in [0.15, 0.2) is 0 Å². The summed E-state index contributed by atoms with van der Waals surface area (Å²) in [4.78, 5) is 23.5. The summed E-state index contributed by atoms with van der Waals surface area (Å²) in [5.41, 5.74) is 0. The standard InChI is InChI=1S/C11H19N3O3.ClH/c15-10-8(3-1-2-4-13-10)14-11(16)9-7-12-5-6-17-9;/h8-9,12H,1-7H2,(H,13,15)(H,14,16);1H. The van der Waals surface area contributed by atoms with Crippen LogP contribution in [0.4, 0.5) is 0 Å². The first kappa shape index (κ1) is 15.2. The van der Waals surface area contributed by atoms with Gasteiger partial charge in [0.2, 0.25) is 5.91 Å². The fourth-order valence-corrected chi connectivity index (χ4v) is 2.08. The molecule has 104 valence electrons. The van der Waals surface area contributed by atoms with Crippen LogP contribution in [-0.4, -0.2) is 50.2 Å². The van der Waals surface area contributed by atoms with Crippen LogP contribution >= 0.6 is 12.4 Å². The van der Waals surface area contributed by atoms with Crippen LogP contribution in [0.2, 0.25) is 0 Å². The van der Waals surface area contributed by atoms with Crippen LogP contribution in [0.3, 0.4) is 0 Å². The minimum absolute atomic E-state index is 0. The van der Waals surface area contributed by atoms with Crippen molar-refractivity contribution >= 4 is 24.2 Å². The Labute approximate surface area is 113 Å². The summed E-state index contributed by atoms with van der Waals surface area (Å²) in [5, 5.41) is 8.65. The highest BCUT2D eigenvalue weighted by Gasteiger charge is 2.27. The van der Waals surface area contributed by atoms with Crippen molar-refractivity contribution in [3.05, 3.63) is 0 Å². The summed E-state index contributed by atoms with van der Waals surface area (Å²) in [6.45, 7) is 2.52. The van der Waals surface area contributed by atoms with Crippen molar-refractivity contribution in [1.29, 1.82) is 0 Å². The highest BCUT2D eigenvalue weighted by molar-refractivity contribution is 5.89. The molecule has 7 heteroatoms. The second-order valence-electron chi connectivity index (χ2n) is 4.41. The smallest absolute Gasteiger partial charge is 0.251 e. The van der Waals surface area contributed by atoms with Gasteiger partial charge in [-0.25, -0.2) is 0 Å². The summed E-state index contributed by atoms with van der Waals surface area (Å²) in [5.74, 6) is -0.279. The molecule has 0 aromatic rings. The molecule has 6 nitrogen and oxygen atoms in total. The van der Waals surface area contributed by atoms with E-state index in [0.29, 0.717) is 26.1 Å². The molecule has 2 aliphatic heterocycles. The molecule has 0 aromatic heterocycles. The van der Waals surface area contributed by atoms with Gasteiger partial charge in [-0.2, -0.15) is 0 Å². The maximum absolute atomic E-state index is 11.9. The Bertz CT molecular complexity index is 295. The van der Waals surface area contributed by atoms with Crippen LogP contribution in [0, 0.1) is 0 Å². The second-order valence-corrected chi connectivity index (χ2v) is 4.41. The molecule has 2 rings (SSSR count). The van der Waals surface area contributed by atoms with Crippen LogP contribution in [0.5, 0.6) is 0 Å². The molecule has 2 atom stereocenters. The van der Waals surface area contributed by atoms with Crippen LogP contribution in [-0.2, 0) is 14.3 Å². The Morgan fingerprint density at radius 3 is 2.89 bits per heavy atom. The fraction of sp³-hybridized carbons (Fsp3) is 0.818. The number of carbonyl (C=O) groups is 2. The normalized spacial score (nSPS) is 28.6. The van der Waals surface area contributed by atoms with E-state index in [-0.39, 0.29) is 24.2 Å². The second kappa shape index (κ2) is 7.56. The Morgan fingerprint density at radius 1 is 1.33 bits per heavy atom. The number of hydrogen-bond acceptors (Lipinski definition) is 4. The average Bonchev–Trinajstić information content (AvgIpc) is 2.56. The number of hydrogen-bond donors (Lipinski definition) is 3. The lowest BCUT2D eigenvalue weighted by Crippen LogP contribution is -2.53. The number of amides is 2. The van der Waals surface area contributed by atoms with E-state index < -0.39 is 12.1 Å². The molecule has 2 saturated heterocycles. The number of rotatable bonds is 2. The van der Waals surface area contributed by atoms with Gasteiger partial charge in [-0.1, -0.05) is 0 Å². The van der Waals surface area contributed by atoms with Gasteiger partial charge < -0.3 is 20.7 Å². The van der Waals surface area contributed by atoms with Crippen LogP contribution in [0.25, 0.3) is 0 Å². The molecule has 2 amide bonds. The highest BCUT2D eigenvalue weighted by atomic mass is 35.5. The summed E-state index contributed by atoms with van der Waals surface area (Å²) in [6, 6.07) is -0.407. The minimum atomic E-state index is -0.472. The van der Waals surface area contributed by atoms with Gasteiger partial charge in [-0.3, -0.25) is 9.59 Å². The fourth-order valence-electron chi connectivity index (χ4n) is 2.08. The lowest BCUT2D eigenvalue weighted by molar-refractivity contribution is -0.137. The Balaban J connectivity index is 0.00000162. The summed E-state index contributed by atoms with van der Waals surface area (Å²) < 4.78 is 5.34. The highest BCUT2D eigenvalue weighted by Crippen LogP contribution is 2.06. The maximum Gasteiger partial charge on any atom is 0.251 e. The third-order valence-electron chi connectivity index (χ3n) is 3.07. The molecule has 18 heavy (non-hydrogen) atoms. The van der Waals surface area contributed by atoms with Gasteiger partial charge in [0.1, 0.15) is 12.1 Å². The molecule has 0 aromatic carbocycles. The molecule has 2 heterocycles. The van der Waals surface area contributed by atoms with E-state index in [4.69, 9.17) is 4.74 Å². The predicted molar refractivity (Wildman–Crippen MR) is 68.6 cm³/mol. The van der Waals surface area contributed by atoms with Gasteiger partial charge in [0, 0.05) is 19.6 Å². The number of carbonyl (C=O) groups excluding carboxylic acids is 2. The molecule has 0 aliphatic carbocycles. The van der Waals surface area contributed by atoms with Crippen molar-refractivity contribution in [2.24, 2.45) is 0 Å². The van der Waals surface area contributed by atoms with Crippen molar-refractivity contribution in [3.8, 4) is 0 Å². The van der Waals surface area contributed by atoms with Gasteiger partial charge in [-0.05, 0) is 19.3 Å². The molecule has 0 radical (unpaired) electrons. The first-order chi connectivity index (χ1) is 8.27. The average molecular weight is 278 g/mol. The van der Waals surface area contributed by atoms with E-state index in [9.17, 15) is 9.59 Å². The molecule has 3 N–H and O–H groups in total. The zero-order chi connectivity index (χ0) is 12.1. The van der Waals surface area contributed by atoms with E-state index in [1.54, 1.807) is 0 Å². The Kier molecular flexibility index (Phi) is 6.38. The van der Waals surface area contributed by atoms with Crippen molar-refractivity contribution in [2.45, 2.75) is 31.4 Å². The predicted octanol–water partition coefficient (Wildman–Crippen LogP) is -0.818. The van der Waals surface area contributed by atoms with E-state index >= 15 is 0 Å². The lowest BCUT2D eigenvalue weighted by Gasteiger charge is -2.24. The van der Waals surface area contributed by atoms with E-state index in [2.05, 4.69) is 16.0 Å². The van der Waals surface area contributed by atoms with Gasteiger partial charge in [-0.15, -0.1) is 12.4 Å². The summed E-state index contributed by atoms with van der Waals surface area (Å²) >= 11 is 0. The van der Waals surface area contributed by atoms with Crippen molar-refractivity contribution < 1.29 is 14.3 Å². The Hall–Kier alpha value is -0.850. The number of ether oxygens (including phenoxy) is 1. The molecular formula is C11H20ClN3O3. The van der Waals surface area contributed by atoms with E-state index in [0.717, 1.165) is 19.4 Å². The summed E-state index contributed by atoms with van der Waals surface area (Å²) in [6.07, 6.45) is 2.16. The van der Waals surface area contributed by atoms with Crippen molar-refractivity contribution in [2.75, 3.05) is 26.2 Å². The molecule has 2 fully saturated rings. The van der Waals surface area contributed by atoms with Crippen LogP contribution in [0.1, 0.15) is 19.3 Å². The number of morpholine rings is 1. The summed E-state index contributed by atoms with van der Waals surface area (Å²) in [7, 11) is 0. The van der Waals surface area contributed by atoms with Gasteiger partial charge >= 0.3 is 0 Å². The zero-order valence-corrected chi connectivity index (χ0v) is 11.1. The largest absolute Gasteiger partial charge is 0.366 e.